The van der Waals surface area contributed by atoms with E-state index in [0.29, 0.717) is 18.1 Å². The number of hydrogen-bond donors (Lipinski definition) is 2. The molecule has 0 spiro atoms. The lowest BCUT2D eigenvalue weighted by Gasteiger charge is -2.20. The summed E-state index contributed by atoms with van der Waals surface area (Å²) in [7, 11) is -2.81. The van der Waals surface area contributed by atoms with Crippen molar-refractivity contribution in [1.29, 1.82) is 0 Å². The summed E-state index contributed by atoms with van der Waals surface area (Å²) < 4.78 is 23.0. The SMILES string of the molecule is CCNC(=NCC1CCCS(=O)(=O)C1)NCC. The highest BCUT2D eigenvalue weighted by atomic mass is 32.2. The van der Waals surface area contributed by atoms with E-state index < -0.39 is 9.84 Å². The van der Waals surface area contributed by atoms with Crippen LogP contribution >= 0.6 is 0 Å². The second-order valence-electron chi connectivity index (χ2n) is 4.37. The average Bonchev–Trinajstić information content (AvgIpc) is 2.25. The molecular formula is C11H23N3O2S. The summed E-state index contributed by atoms with van der Waals surface area (Å²) in [6, 6.07) is 0. The van der Waals surface area contributed by atoms with E-state index in [4.69, 9.17) is 0 Å². The highest BCUT2D eigenvalue weighted by Gasteiger charge is 2.24. The van der Waals surface area contributed by atoms with Gasteiger partial charge in [-0.15, -0.1) is 0 Å². The Morgan fingerprint density at radius 1 is 1.29 bits per heavy atom. The lowest BCUT2D eigenvalue weighted by molar-refractivity contribution is 0.493. The van der Waals surface area contributed by atoms with E-state index in [-0.39, 0.29) is 5.92 Å². The minimum Gasteiger partial charge on any atom is -0.357 e. The van der Waals surface area contributed by atoms with Crippen molar-refractivity contribution in [2.24, 2.45) is 10.9 Å². The predicted octanol–water partition coefficient (Wildman–Crippen LogP) is 0.386. The van der Waals surface area contributed by atoms with Crippen molar-refractivity contribution >= 4 is 15.8 Å². The first-order valence-electron chi connectivity index (χ1n) is 6.30. The van der Waals surface area contributed by atoms with Crippen LogP contribution in [0.15, 0.2) is 4.99 Å². The summed E-state index contributed by atoms with van der Waals surface area (Å²) in [5, 5.41) is 6.27. The van der Waals surface area contributed by atoms with Gasteiger partial charge in [-0.3, -0.25) is 4.99 Å². The zero-order valence-corrected chi connectivity index (χ0v) is 11.5. The topological polar surface area (TPSA) is 70.6 Å². The maximum atomic E-state index is 11.5. The molecule has 1 rings (SSSR count). The largest absolute Gasteiger partial charge is 0.357 e. The smallest absolute Gasteiger partial charge is 0.191 e. The van der Waals surface area contributed by atoms with Gasteiger partial charge in [0.15, 0.2) is 15.8 Å². The van der Waals surface area contributed by atoms with Gasteiger partial charge in [0, 0.05) is 19.6 Å². The Balaban J connectivity index is 2.49. The molecule has 1 atom stereocenters. The molecule has 1 saturated heterocycles. The second-order valence-corrected chi connectivity index (χ2v) is 6.60. The molecule has 1 fully saturated rings. The molecule has 17 heavy (non-hydrogen) atoms. The molecule has 0 aromatic heterocycles. The molecule has 6 heteroatoms. The zero-order chi connectivity index (χ0) is 12.7. The lowest BCUT2D eigenvalue weighted by Crippen LogP contribution is -2.38. The van der Waals surface area contributed by atoms with Crippen molar-refractivity contribution in [1.82, 2.24) is 10.6 Å². The van der Waals surface area contributed by atoms with Crippen LogP contribution in [-0.2, 0) is 9.84 Å². The van der Waals surface area contributed by atoms with Gasteiger partial charge in [0.05, 0.1) is 11.5 Å². The quantitative estimate of drug-likeness (QED) is 0.567. The summed E-state index contributed by atoms with van der Waals surface area (Å²) in [4.78, 5) is 4.42. The molecule has 2 N–H and O–H groups in total. The first-order valence-corrected chi connectivity index (χ1v) is 8.12. The molecule has 0 aliphatic carbocycles. The average molecular weight is 261 g/mol. The standard InChI is InChI=1S/C11H23N3O2S/c1-3-12-11(13-4-2)14-8-10-6-5-7-17(15,16)9-10/h10H,3-9H2,1-2H3,(H2,12,13,14). The number of guanidine groups is 1. The van der Waals surface area contributed by atoms with Crippen LogP contribution in [0.25, 0.3) is 0 Å². The summed E-state index contributed by atoms with van der Waals surface area (Å²) >= 11 is 0. The van der Waals surface area contributed by atoms with Crippen molar-refractivity contribution in [3.05, 3.63) is 0 Å². The predicted molar refractivity (Wildman–Crippen MR) is 71.0 cm³/mol. The fourth-order valence-corrected chi connectivity index (χ4v) is 3.75. The van der Waals surface area contributed by atoms with Gasteiger partial charge in [-0.1, -0.05) is 0 Å². The second kappa shape index (κ2) is 6.83. The van der Waals surface area contributed by atoms with Gasteiger partial charge < -0.3 is 10.6 Å². The highest BCUT2D eigenvalue weighted by Crippen LogP contribution is 2.18. The maximum absolute atomic E-state index is 11.5. The Labute approximate surface area is 104 Å². The molecule has 0 aromatic rings. The number of rotatable bonds is 4. The number of nitrogens with one attached hydrogen (secondary N) is 2. The van der Waals surface area contributed by atoms with Crippen molar-refractivity contribution in [3.8, 4) is 0 Å². The highest BCUT2D eigenvalue weighted by molar-refractivity contribution is 7.91. The van der Waals surface area contributed by atoms with Crippen molar-refractivity contribution in [2.75, 3.05) is 31.1 Å². The Hall–Kier alpha value is -0.780. The molecule has 100 valence electrons. The van der Waals surface area contributed by atoms with Crippen LogP contribution < -0.4 is 10.6 Å². The van der Waals surface area contributed by atoms with Crippen LogP contribution in [0.4, 0.5) is 0 Å². The summed E-state index contributed by atoms with van der Waals surface area (Å²) in [5.41, 5.74) is 0. The van der Waals surface area contributed by atoms with Crippen molar-refractivity contribution < 1.29 is 8.42 Å². The van der Waals surface area contributed by atoms with Crippen LogP contribution in [0, 0.1) is 5.92 Å². The van der Waals surface area contributed by atoms with Crippen LogP contribution in [0.3, 0.4) is 0 Å². The van der Waals surface area contributed by atoms with E-state index >= 15 is 0 Å². The third-order valence-electron chi connectivity index (χ3n) is 2.75. The third kappa shape index (κ3) is 5.39. The summed E-state index contributed by atoms with van der Waals surface area (Å²) in [5.74, 6) is 1.60. The maximum Gasteiger partial charge on any atom is 0.191 e. The number of sulfone groups is 1. The molecule has 0 amide bonds. The minimum absolute atomic E-state index is 0.182. The van der Waals surface area contributed by atoms with Crippen molar-refractivity contribution in [3.63, 3.8) is 0 Å². The molecule has 1 heterocycles. The fourth-order valence-electron chi connectivity index (χ4n) is 1.99. The van der Waals surface area contributed by atoms with E-state index in [1.54, 1.807) is 0 Å². The number of nitrogens with zero attached hydrogens (tertiary/aromatic N) is 1. The fraction of sp³-hybridized carbons (Fsp3) is 0.909. The van der Waals surface area contributed by atoms with Gasteiger partial charge >= 0.3 is 0 Å². The number of aliphatic imine (C=N–C) groups is 1. The van der Waals surface area contributed by atoms with Crippen LogP contribution in [0.1, 0.15) is 26.7 Å². The van der Waals surface area contributed by atoms with Crippen LogP contribution in [-0.4, -0.2) is 45.5 Å². The van der Waals surface area contributed by atoms with Gasteiger partial charge in [-0.25, -0.2) is 8.42 Å². The first kappa shape index (κ1) is 14.3. The normalized spacial score (nSPS) is 22.8. The Bertz CT molecular complexity index is 344. The van der Waals surface area contributed by atoms with Gasteiger partial charge in [-0.05, 0) is 32.6 Å². The number of hydrogen-bond acceptors (Lipinski definition) is 3. The third-order valence-corrected chi connectivity index (χ3v) is 4.64. The zero-order valence-electron chi connectivity index (χ0n) is 10.7. The molecule has 1 unspecified atom stereocenters. The molecule has 5 nitrogen and oxygen atoms in total. The molecule has 0 saturated carbocycles. The van der Waals surface area contributed by atoms with Gasteiger partial charge in [0.2, 0.25) is 0 Å². The van der Waals surface area contributed by atoms with E-state index in [1.807, 2.05) is 13.8 Å². The first-order chi connectivity index (χ1) is 8.07. The van der Waals surface area contributed by atoms with E-state index in [0.717, 1.165) is 31.9 Å². The van der Waals surface area contributed by atoms with E-state index in [1.165, 1.54) is 0 Å². The molecule has 1 aliphatic rings. The van der Waals surface area contributed by atoms with Crippen molar-refractivity contribution in [2.45, 2.75) is 26.7 Å². The molecule has 0 radical (unpaired) electrons. The van der Waals surface area contributed by atoms with Crippen LogP contribution in [0.5, 0.6) is 0 Å². The lowest BCUT2D eigenvalue weighted by atomic mass is 10.1. The Morgan fingerprint density at radius 3 is 2.47 bits per heavy atom. The summed E-state index contributed by atoms with van der Waals surface area (Å²) in [6.07, 6.45) is 1.74. The molecule has 1 aliphatic heterocycles. The van der Waals surface area contributed by atoms with Gasteiger partial charge in [-0.2, -0.15) is 0 Å². The van der Waals surface area contributed by atoms with Gasteiger partial charge in [0.1, 0.15) is 0 Å². The molecule has 0 bridgehead atoms. The monoisotopic (exact) mass is 261 g/mol. The molecule has 0 aromatic carbocycles. The summed E-state index contributed by atoms with van der Waals surface area (Å²) in [6.45, 7) is 6.24. The van der Waals surface area contributed by atoms with E-state index in [9.17, 15) is 8.42 Å². The molecular weight excluding hydrogens is 238 g/mol. The van der Waals surface area contributed by atoms with E-state index in [2.05, 4.69) is 15.6 Å². The Morgan fingerprint density at radius 2 is 1.94 bits per heavy atom. The minimum atomic E-state index is -2.81. The Kier molecular flexibility index (Phi) is 5.74. The van der Waals surface area contributed by atoms with Crippen LogP contribution in [0.2, 0.25) is 0 Å². The van der Waals surface area contributed by atoms with Gasteiger partial charge in [0.25, 0.3) is 0 Å².